The maximum absolute atomic E-state index is 12.6. The van der Waals surface area contributed by atoms with Gasteiger partial charge in [0.15, 0.2) is 5.82 Å². The lowest BCUT2D eigenvalue weighted by Crippen LogP contribution is -2.38. The predicted molar refractivity (Wildman–Crippen MR) is 106 cm³/mol. The van der Waals surface area contributed by atoms with Crippen molar-refractivity contribution in [2.75, 3.05) is 25.0 Å². The van der Waals surface area contributed by atoms with E-state index in [1.807, 2.05) is 0 Å². The zero-order chi connectivity index (χ0) is 21.0. The maximum atomic E-state index is 12.6. The second-order valence-corrected chi connectivity index (χ2v) is 7.53. The first-order valence-electron chi connectivity index (χ1n) is 9.57. The minimum Gasteiger partial charge on any atom is -0.382 e. The molecular weight excluding hydrogens is 407 g/mol. The average molecular weight is 430 g/mol. The summed E-state index contributed by atoms with van der Waals surface area (Å²) in [6.07, 6.45) is 2.16. The van der Waals surface area contributed by atoms with Crippen molar-refractivity contribution < 1.29 is 13.2 Å². The Hall–Kier alpha value is -2.13. The van der Waals surface area contributed by atoms with E-state index in [0.29, 0.717) is 24.5 Å². The van der Waals surface area contributed by atoms with Crippen molar-refractivity contribution in [3.63, 3.8) is 0 Å². The summed E-state index contributed by atoms with van der Waals surface area (Å²) in [6, 6.07) is 2.52. The third-order valence-electron chi connectivity index (χ3n) is 5.09. The quantitative estimate of drug-likeness (QED) is 0.704. The van der Waals surface area contributed by atoms with Crippen LogP contribution in [0.15, 0.2) is 29.3 Å². The third kappa shape index (κ3) is 5.27. The van der Waals surface area contributed by atoms with Crippen LogP contribution in [0.25, 0.3) is 5.82 Å². The molecule has 1 aliphatic rings. The van der Waals surface area contributed by atoms with Crippen LogP contribution in [0.2, 0.25) is 5.02 Å². The monoisotopic (exact) mass is 429 g/mol. The van der Waals surface area contributed by atoms with Crippen molar-refractivity contribution in [3.8, 4) is 5.82 Å². The molecule has 1 N–H and O–H groups in total. The Bertz CT molecular complexity index is 885. The number of nitrogens with one attached hydrogen (secondary N) is 1. The van der Waals surface area contributed by atoms with E-state index in [-0.39, 0.29) is 10.8 Å². The number of piperidine rings is 1. The number of hydrogen-bond donors (Lipinski definition) is 1. The molecule has 2 aromatic rings. The normalized spacial score (nSPS) is 18.0. The number of rotatable bonds is 6. The first kappa shape index (κ1) is 21.6. The molecule has 1 aliphatic heterocycles. The molecule has 0 aromatic carbocycles. The lowest BCUT2D eigenvalue weighted by atomic mass is 10.0. The average Bonchev–Trinajstić information content (AvgIpc) is 2.69. The predicted octanol–water partition coefficient (Wildman–Crippen LogP) is 3.98. The molecule has 3 rings (SSSR count). The summed E-state index contributed by atoms with van der Waals surface area (Å²) < 4.78 is 38.8. The zero-order valence-corrected chi connectivity index (χ0v) is 16.8. The second kappa shape index (κ2) is 9.13. The van der Waals surface area contributed by atoms with Crippen LogP contribution in [-0.4, -0.2) is 45.3 Å². The van der Waals surface area contributed by atoms with Crippen LogP contribution in [0.1, 0.15) is 38.2 Å². The Morgan fingerprint density at radius 1 is 1.28 bits per heavy atom. The fraction of sp³-hybridized carbons (Fsp3) is 0.526. The van der Waals surface area contributed by atoms with E-state index in [9.17, 15) is 18.0 Å². The Morgan fingerprint density at radius 2 is 2.07 bits per heavy atom. The molecule has 0 spiro atoms. The summed E-state index contributed by atoms with van der Waals surface area (Å²) in [5.41, 5.74) is -1.15. The summed E-state index contributed by atoms with van der Waals surface area (Å²) in [5, 5.41) is 7.02. The smallest absolute Gasteiger partial charge is 0.382 e. The highest BCUT2D eigenvalue weighted by Gasteiger charge is 2.30. The lowest BCUT2D eigenvalue weighted by Gasteiger charge is -2.33. The highest BCUT2D eigenvalue weighted by Crippen LogP contribution is 2.28. The summed E-state index contributed by atoms with van der Waals surface area (Å²) in [6.45, 7) is 4.94. The van der Waals surface area contributed by atoms with Gasteiger partial charge in [0, 0.05) is 25.3 Å². The summed E-state index contributed by atoms with van der Waals surface area (Å²) >= 11 is 6.15. The van der Waals surface area contributed by atoms with Gasteiger partial charge in [-0.1, -0.05) is 18.0 Å². The molecule has 1 atom stereocenters. The van der Waals surface area contributed by atoms with Crippen LogP contribution in [0.3, 0.4) is 0 Å². The van der Waals surface area contributed by atoms with Crippen molar-refractivity contribution in [1.82, 2.24) is 19.7 Å². The standard InChI is InChI=1S/C19H23ClF3N5O/c1-13-5-2-3-9-27(13)10-4-8-24-15-12-26-28(18(29)17(15)20)16-7-6-14(11-25-16)19(21,22)23/h6-7,11-13,24H,2-5,8-10H2,1H3/t13-/m1/s1. The summed E-state index contributed by atoms with van der Waals surface area (Å²) in [5.74, 6) is -0.0319. The van der Waals surface area contributed by atoms with E-state index < -0.39 is 17.3 Å². The largest absolute Gasteiger partial charge is 0.417 e. The van der Waals surface area contributed by atoms with E-state index in [1.165, 1.54) is 25.5 Å². The van der Waals surface area contributed by atoms with Gasteiger partial charge < -0.3 is 10.2 Å². The molecule has 10 heteroatoms. The van der Waals surface area contributed by atoms with Gasteiger partial charge in [0.2, 0.25) is 0 Å². The number of hydrogen-bond acceptors (Lipinski definition) is 5. The van der Waals surface area contributed by atoms with Crippen molar-refractivity contribution in [3.05, 3.63) is 45.5 Å². The number of likely N-dealkylation sites (tertiary alicyclic amines) is 1. The Labute approximate surface area is 171 Å². The van der Waals surface area contributed by atoms with Crippen molar-refractivity contribution in [1.29, 1.82) is 0 Å². The number of halogens is 4. The number of anilines is 1. The van der Waals surface area contributed by atoms with Crippen LogP contribution in [0, 0.1) is 0 Å². The molecule has 1 saturated heterocycles. The van der Waals surface area contributed by atoms with E-state index >= 15 is 0 Å². The van der Waals surface area contributed by atoms with Gasteiger partial charge in [-0.3, -0.25) is 4.79 Å². The SMILES string of the molecule is C[C@@H]1CCCCN1CCCNc1cnn(-c2ccc(C(F)(F)F)cn2)c(=O)c1Cl. The second-order valence-electron chi connectivity index (χ2n) is 7.15. The van der Waals surface area contributed by atoms with Crippen LogP contribution in [0.4, 0.5) is 18.9 Å². The molecular formula is C19H23ClF3N5O. The number of pyridine rings is 1. The van der Waals surface area contributed by atoms with Gasteiger partial charge in [0.05, 0.1) is 17.4 Å². The molecule has 1 fully saturated rings. The van der Waals surface area contributed by atoms with Gasteiger partial charge in [-0.15, -0.1) is 0 Å². The molecule has 29 heavy (non-hydrogen) atoms. The van der Waals surface area contributed by atoms with Crippen molar-refractivity contribution >= 4 is 17.3 Å². The van der Waals surface area contributed by atoms with E-state index in [0.717, 1.165) is 36.3 Å². The minimum atomic E-state index is -4.50. The van der Waals surface area contributed by atoms with Crippen molar-refractivity contribution in [2.45, 2.75) is 44.8 Å². The number of aromatic nitrogens is 3. The van der Waals surface area contributed by atoms with Crippen LogP contribution < -0.4 is 10.9 Å². The fourth-order valence-corrected chi connectivity index (χ4v) is 3.59. The van der Waals surface area contributed by atoms with Gasteiger partial charge in [0.1, 0.15) is 5.02 Å². The van der Waals surface area contributed by atoms with Crippen LogP contribution >= 0.6 is 11.6 Å². The molecule has 2 aromatic heterocycles. The third-order valence-corrected chi connectivity index (χ3v) is 5.45. The summed E-state index contributed by atoms with van der Waals surface area (Å²) in [4.78, 5) is 18.6. The maximum Gasteiger partial charge on any atom is 0.417 e. The lowest BCUT2D eigenvalue weighted by molar-refractivity contribution is -0.137. The zero-order valence-electron chi connectivity index (χ0n) is 16.0. The van der Waals surface area contributed by atoms with E-state index in [1.54, 1.807) is 0 Å². The Balaban J connectivity index is 1.62. The molecule has 0 saturated carbocycles. The van der Waals surface area contributed by atoms with Gasteiger partial charge in [-0.25, -0.2) is 4.98 Å². The molecule has 0 amide bonds. The highest BCUT2D eigenvalue weighted by molar-refractivity contribution is 6.32. The van der Waals surface area contributed by atoms with Crippen LogP contribution in [0.5, 0.6) is 0 Å². The summed E-state index contributed by atoms with van der Waals surface area (Å²) in [7, 11) is 0. The van der Waals surface area contributed by atoms with E-state index in [2.05, 4.69) is 27.2 Å². The minimum absolute atomic E-state index is 0.0319. The number of alkyl halides is 3. The molecule has 0 bridgehead atoms. The highest BCUT2D eigenvalue weighted by atomic mass is 35.5. The van der Waals surface area contributed by atoms with Crippen LogP contribution in [-0.2, 0) is 6.18 Å². The van der Waals surface area contributed by atoms with Crippen molar-refractivity contribution in [2.24, 2.45) is 0 Å². The first-order valence-corrected chi connectivity index (χ1v) is 9.94. The molecule has 6 nitrogen and oxygen atoms in total. The van der Waals surface area contributed by atoms with E-state index in [4.69, 9.17) is 11.6 Å². The molecule has 158 valence electrons. The molecule has 0 radical (unpaired) electrons. The number of nitrogens with zero attached hydrogens (tertiary/aromatic N) is 4. The fourth-order valence-electron chi connectivity index (χ4n) is 3.39. The molecule has 3 heterocycles. The molecule has 0 aliphatic carbocycles. The first-order chi connectivity index (χ1) is 13.8. The topological polar surface area (TPSA) is 63.1 Å². The van der Waals surface area contributed by atoms with Gasteiger partial charge >= 0.3 is 6.18 Å². The van der Waals surface area contributed by atoms with Gasteiger partial charge in [0.25, 0.3) is 5.56 Å². The van der Waals surface area contributed by atoms with Gasteiger partial charge in [-0.2, -0.15) is 23.0 Å². The van der Waals surface area contributed by atoms with Gasteiger partial charge in [-0.05, 0) is 44.9 Å². The Kier molecular flexibility index (Phi) is 6.79. The Morgan fingerprint density at radius 3 is 2.72 bits per heavy atom. The molecule has 0 unspecified atom stereocenters.